The van der Waals surface area contributed by atoms with E-state index in [-0.39, 0.29) is 5.75 Å². The molecule has 0 spiro atoms. The molecule has 0 amide bonds. The van der Waals surface area contributed by atoms with Crippen LogP contribution in [0, 0.1) is 0 Å². The van der Waals surface area contributed by atoms with Gasteiger partial charge >= 0.3 is 6.36 Å². The predicted octanol–water partition coefficient (Wildman–Crippen LogP) is 6.13. The van der Waals surface area contributed by atoms with Crippen LogP contribution in [0.25, 0.3) is 0 Å². The van der Waals surface area contributed by atoms with Crippen molar-refractivity contribution >= 4 is 11.9 Å². The minimum absolute atomic E-state index is 0.284. The van der Waals surface area contributed by atoms with E-state index in [1.165, 1.54) is 24.4 Å². The fraction of sp³-hybridized carbons (Fsp3) is 0.0500. The van der Waals surface area contributed by atoms with Crippen molar-refractivity contribution in [1.29, 1.82) is 0 Å². The van der Waals surface area contributed by atoms with Gasteiger partial charge in [0, 0.05) is 6.21 Å². The number of benzene rings is 3. The highest BCUT2D eigenvalue weighted by molar-refractivity contribution is 5.82. The number of aliphatic imine (C=N–C) groups is 1. The van der Waals surface area contributed by atoms with Crippen molar-refractivity contribution < 1.29 is 22.6 Å². The molecule has 0 radical (unpaired) electrons. The van der Waals surface area contributed by atoms with Crippen LogP contribution in [0.5, 0.6) is 17.2 Å². The standard InChI is InChI=1S/C20H14F3NO2/c21-20(22,23)26-19-8-4-5-15(13-19)14-24-16-9-11-18(12-10-16)25-17-6-2-1-3-7-17/h1-14H. The molecule has 26 heavy (non-hydrogen) atoms. The highest BCUT2D eigenvalue weighted by Crippen LogP contribution is 2.25. The van der Waals surface area contributed by atoms with Gasteiger partial charge in [-0.15, -0.1) is 13.2 Å². The highest BCUT2D eigenvalue weighted by Gasteiger charge is 2.31. The zero-order valence-corrected chi connectivity index (χ0v) is 13.5. The number of halogens is 3. The van der Waals surface area contributed by atoms with Crippen molar-refractivity contribution in [2.75, 3.05) is 0 Å². The van der Waals surface area contributed by atoms with Crippen LogP contribution in [0.2, 0.25) is 0 Å². The summed E-state index contributed by atoms with van der Waals surface area (Å²) in [6.07, 6.45) is -3.25. The molecule has 0 unspecified atom stereocenters. The highest BCUT2D eigenvalue weighted by atomic mass is 19.4. The average Bonchev–Trinajstić information content (AvgIpc) is 2.61. The first-order valence-corrected chi connectivity index (χ1v) is 7.71. The summed E-state index contributed by atoms with van der Waals surface area (Å²) in [6.45, 7) is 0. The van der Waals surface area contributed by atoms with Crippen molar-refractivity contribution in [3.63, 3.8) is 0 Å². The molecule has 0 fully saturated rings. The average molecular weight is 357 g/mol. The number of hydrogen-bond donors (Lipinski definition) is 0. The summed E-state index contributed by atoms with van der Waals surface area (Å²) in [6, 6.07) is 22.0. The first-order valence-electron chi connectivity index (χ1n) is 7.71. The number of alkyl halides is 3. The van der Waals surface area contributed by atoms with Gasteiger partial charge in [-0.05, 0) is 54.1 Å². The lowest BCUT2D eigenvalue weighted by atomic mass is 10.2. The summed E-state index contributed by atoms with van der Waals surface area (Å²) in [5, 5.41) is 0. The van der Waals surface area contributed by atoms with Gasteiger partial charge < -0.3 is 9.47 Å². The van der Waals surface area contributed by atoms with E-state index in [1.54, 1.807) is 30.3 Å². The Labute approximate surface area is 148 Å². The van der Waals surface area contributed by atoms with Gasteiger partial charge in [0.25, 0.3) is 0 Å². The van der Waals surface area contributed by atoms with Crippen molar-refractivity contribution in [3.05, 3.63) is 84.4 Å². The maximum absolute atomic E-state index is 12.3. The molecule has 6 heteroatoms. The molecule has 3 nitrogen and oxygen atoms in total. The number of rotatable bonds is 5. The first-order chi connectivity index (χ1) is 12.5. The Morgan fingerprint density at radius 1 is 0.731 bits per heavy atom. The molecule has 3 aromatic carbocycles. The molecule has 0 aliphatic heterocycles. The Bertz CT molecular complexity index is 876. The smallest absolute Gasteiger partial charge is 0.457 e. The Kier molecular flexibility index (Phi) is 5.22. The number of nitrogens with zero attached hydrogens (tertiary/aromatic N) is 1. The summed E-state index contributed by atoms with van der Waals surface area (Å²) in [5.41, 5.74) is 1.14. The first kappa shape index (κ1) is 17.5. The maximum atomic E-state index is 12.3. The van der Waals surface area contributed by atoms with E-state index >= 15 is 0 Å². The molecule has 3 aromatic rings. The van der Waals surface area contributed by atoms with Crippen LogP contribution in [0.3, 0.4) is 0 Å². The van der Waals surface area contributed by atoms with Gasteiger partial charge in [0.1, 0.15) is 17.2 Å². The van der Waals surface area contributed by atoms with E-state index in [1.807, 2.05) is 30.3 Å². The summed E-state index contributed by atoms with van der Waals surface area (Å²) in [5.74, 6) is 1.11. The monoisotopic (exact) mass is 357 g/mol. The van der Waals surface area contributed by atoms with E-state index in [2.05, 4.69) is 9.73 Å². The third-order valence-corrected chi connectivity index (χ3v) is 3.27. The van der Waals surface area contributed by atoms with Crippen LogP contribution in [-0.2, 0) is 0 Å². The summed E-state index contributed by atoms with van der Waals surface area (Å²) in [4.78, 5) is 4.24. The number of para-hydroxylation sites is 1. The molecular formula is C20H14F3NO2. The molecule has 0 saturated heterocycles. The van der Waals surface area contributed by atoms with Crippen molar-refractivity contribution in [2.24, 2.45) is 4.99 Å². The van der Waals surface area contributed by atoms with Gasteiger partial charge in [0.05, 0.1) is 5.69 Å². The van der Waals surface area contributed by atoms with Gasteiger partial charge in [0.15, 0.2) is 0 Å². The van der Waals surface area contributed by atoms with E-state index in [0.29, 0.717) is 17.0 Å². The van der Waals surface area contributed by atoms with E-state index in [4.69, 9.17) is 4.74 Å². The summed E-state index contributed by atoms with van der Waals surface area (Å²) >= 11 is 0. The lowest BCUT2D eigenvalue weighted by Crippen LogP contribution is -2.17. The third kappa shape index (κ3) is 5.37. The van der Waals surface area contributed by atoms with Crippen molar-refractivity contribution in [1.82, 2.24) is 0 Å². The Hall–Kier alpha value is -3.28. The van der Waals surface area contributed by atoms with Crippen molar-refractivity contribution in [2.45, 2.75) is 6.36 Å². The van der Waals surface area contributed by atoms with Crippen LogP contribution in [0.4, 0.5) is 18.9 Å². The molecule has 0 saturated carbocycles. The fourth-order valence-corrected chi connectivity index (χ4v) is 2.17. The quantitative estimate of drug-likeness (QED) is 0.514. The fourth-order valence-electron chi connectivity index (χ4n) is 2.17. The van der Waals surface area contributed by atoms with Crippen LogP contribution < -0.4 is 9.47 Å². The maximum Gasteiger partial charge on any atom is 0.573 e. The van der Waals surface area contributed by atoms with Crippen LogP contribution in [0.15, 0.2) is 83.9 Å². The lowest BCUT2D eigenvalue weighted by molar-refractivity contribution is -0.274. The van der Waals surface area contributed by atoms with Gasteiger partial charge in [-0.3, -0.25) is 4.99 Å². The largest absolute Gasteiger partial charge is 0.573 e. The molecule has 0 heterocycles. The van der Waals surface area contributed by atoms with Gasteiger partial charge in [-0.25, -0.2) is 0 Å². The summed E-state index contributed by atoms with van der Waals surface area (Å²) < 4.78 is 46.3. The van der Waals surface area contributed by atoms with Crippen LogP contribution in [-0.4, -0.2) is 12.6 Å². The summed E-state index contributed by atoms with van der Waals surface area (Å²) in [7, 11) is 0. The van der Waals surface area contributed by atoms with Gasteiger partial charge in [-0.1, -0.05) is 30.3 Å². The Morgan fingerprint density at radius 2 is 1.38 bits per heavy atom. The molecular weight excluding hydrogens is 343 g/mol. The zero-order valence-electron chi connectivity index (χ0n) is 13.5. The minimum atomic E-state index is -4.72. The third-order valence-electron chi connectivity index (χ3n) is 3.27. The van der Waals surface area contributed by atoms with Crippen molar-refractivity contribution in [3.8, 4) is 17.2 Å². The van der Waals surface area contributed by atoms with Crippen LogP contribution in [0.1, 0.15) is 5.56 Å². The number of ether oxygens (including phenoxy) is 2. The van der Waals surface area contributed by atoms with Gasteiger partial charge in [-0.2, -0.15) is 0 Å². The second-order valence-electron chi connectivity index (χ2n) is 5.29. The second-order valence-corrected chi connectivity index (χ2v) is 5.29. The molecule has 3 rings (SSSR count). The zero-order chi connectivity index (χ0) is 18.4. The Balaban J connectivity index is 1.66. The normalized spacial score (nSPS) is 11.5. The molecule has 0 aliphatic carbocycles. The lowest BCUT2D eigenvalue weighted by Gasteiger charge is -2.08. The molecule has 0 bridgehead atoms. The van der Waals surface area contributed by atoms with Gasteiger partial charge in [0.2, 0.25) is 0 Å². The topological polar surface area (TPSA) is 30.8 Å². The van der Waals surface area contributed by atoms with E-state index in [0.717, 1.165) is 5.75 Å². The molecule has 0 N–H and O–H groups in total. The predicted molar refractivity (Wildman–Crippen MR) is 93.3 cm³/mol. The molecule has 132 valence electrons. The second kappa shape index (κ2) is 7.74. The van der Waals surface area contributed by atoms with E-state index in [9.17, 15) is 13.2 Å². The molecule has 0 aliphatic rings. The molecule has 0 atom stereocenters. The van der Waals surface area contributed by atoms with Crippen LogP contribution >= 0.6 is 0 Å². The van der Waals surface area contributed by atoms with E-state index < -0.39 is 6.36 Å². The minimum Gasteiger partial charge on any atom is -0.457 e. The number of hydrogen-bond acceptors (Lipinski definition) is 3. The molecule has 0 aromatic heterocycles. The Morgan fingerprint density at radius 3 is 2.08 bits per heavy atom. The SMILES string of the molecule is FC(F)(F)Oc1cccc(C=Nc2ccc(Oc3ccccc3)cc2)c1.